The Balaban J connectivity index is 2.23. The second kappa shape index (κ2) is 10.6. The van der Waals surface area contributed by atoms with Gasteiger partial charge in [0.05, 0.1) is 17.2 Å². The normalized spacial score (nSPS) is 10.1. The van der Waals surface area contributed by atoms with Crippen LogP contribution in [0.1, 0.15) is 36.2 Å². The topological polar surface area (TPSA) is 80.3 Å². The number of ether oxygens (including phenoxy) is 2. The standard InChI is InChI=1S/C15H20O7/c1-3-5-12-6-8-13(9-7-12)14(16)20-22-21-15(17)19-11-10-18-4-2/h6-9H,3-5,10-11H2,1-2H3. The molecular weight excluding hydrogens is 292 g/mol. The van der Waals surface area contributed by atoms with Gasteiger partial charge in [-0.25, -0.2) is 14.5 Å². The fraction of sp³-hybridized carbons (Fsp3) is 0.467. The summed E-state index contributed by atoms with van der Waals surface area (Å²) in [6.45, 7) is 4.67. The first-order valence-electron chi connectivity index (χ1n) is 7.06. The number of rotatable bonds is 9. The number of benzene rings is 1. The Morgan fingerprint density at radius 2 is 1.73 bits per heavy atom. The van der Waals surface area contributed by atoms with Crippen molar-refractivity contribution in [1.82, 2.24) is 0 Å². The zero-order valence-electron chi connectivity index (χ0n) is 12.7. The van der Waals surface area contributed by atoms with Crippen molar-refractivity contribution in [3.63, 3.8) is 0 Å². The lowest BCUT2D eigenvalue weighted by molar-refractivity contribution is -0.452. The lowest BCUT2D eigenvalue weighted by Gasteiger charge is -2.04. The van der Waals surface area contributed by atoms with Gasteiger partial charge in [-0.3, -0.25) is 4.89 Å². The highest BCUT2D eigenvalue weighted by molar-refractivity contribution is 5.88. The summed E-state index contributed by atoms with van der Waals surface area (Å²) in [5.41, 5.74) is 1.40. The summed E-state index contributed by atoms with van der Waals surface area (Å²) >= 11 is 0. The molecule has 7 heteroatoms. The lowest BCUT2D eigenvalue weighted by Crippen LogP contribution is -2.14. The van der Waals surface area contributed by atoms with Crippen LogP contribution in [0.15, 0.2) is 24.3 Å². The molecule has 7 nitrogen and oxygen atoms in total. The van der Waals surface area contributed by atoms with E-state index in [9.17, 15) is 9.59 Å². The summed E-state index contributed by atoms with van der Waals surface area (Å²) in [5, 5.41) is 4.08. The molecule has 0 spiro atoms. The van der Waals surface area contributed by atoms with Crippen molar-refractivity contribution in [2.24, 2.45) is 0 Å². The molecule has 0 radical (unpaired) electrons. The Labute approximate surface area is 128 Å². The van der Waals surface area contributed by atoms with Crippen LogP contribution in [0.25, 0.3) is 0 Å². The van der Waals surface area contributed by atoms with Gasteiger partial charge in [0.25, 0.3) is 0 Å². The molecule has 0 amide bonds. The molecule has 0 unspecified atom stereocenters. The number of aryl methyl sites for hydroxylation is 1. The Hall–Kier alpha value is -2.12. The maximum absolute atomic E-state index is 11.6. The fourth-order valence-electron chi connectivity index (χ4n) is 1.57. The lowest BCUT2D eigenvalue weighted by atomic mass is 10.1. The van der Waals surface area contributed by atoms with E-state index >= 15 is 0 Å². The molecule has 0 aromatic heterocycles. The Morgan fingerprint density at radius 3 is 2.36 bits per heavy atom. The van der Waals surface area contributed by atoms with E-state index in [1.54, 1.807) is 12.1 Å². The smallest absolute Gasteiger partial charge is 0.430 e. The van der Waals surface area contributed by atoms with E-state index in [1.807, 2.05) is 19.1 Å². The first kappa shape index (κ1) is 17.9. The third kappa shape index (κ3) is 7.05. The van der Waals surface area contributed by atoms with Gasteiger partial charge in [-0.2, -0.15) is 0 Å². The van der Waals surface area contributed by atoms with Crippen molar-refractivity contribution in [3.05, 3.63) is 35.4 Å². The minimum Gasteiger partial charge on any atom is -0.430 e. The molecule has 1 aromatic carbocycles. The highest BCUT2D eigenvalue weighted by atomic mass is 17.5. The van der Waals surface area contributed by atoms with Crippen LogP contribution in [-0.2, 0) is 30.7 Å². The maximum atomic E-state index is 11.6. The van der Waals surface area contributed by atoms with Gasteiger partial charge >= 0.3 is 12.1 Å². The zero-order valence-corrected chi connectivity index (χ0v) is 12.7. The average molecular weight is 312 g/mol. The van der Waals surface area contributed by atoms with Gasteiger partial charge in [-0.1, -0.05) is 25.5 Å². The predicted molar refractivity (Wildman–Crippen MR) is 75.9 cm³/mol. The van der Waals surface area contributed by atoms with Gasteiger partial charge < -0.3 is 9.47 Å². The molecule has 0 heterocycles. The van der Waals surface area contributed by atoms with Crippen LogP contribution in [0.5, 0.6) is 0 Å². The molecule has 1 rings (SSSR count). The molecule has 0 saturated heterocycles. The van der Waals surface area contributed by atoms with E-state index in [0.717, 1.165) is 18.4 Å². The first-order valence-corrected chi connectivity index (χ1v) is 7.06. The highest BCUT2D eigenvalue weighted by Gasteiger charge is 2.12. The SMILES string of the molecule is CCCc1ccc(C(=O)OOOC(=O)OCCOCC)cc1. The van der Waals surface area contributed by atoms with E-state index in [-0.39, 0.29) is 18.8 Å². The Kier molecular flexibility index (Phi) is 8.63. The second-order valence-electron chi connectivity index (χ2n) is 4.26. The largest absolute Gasteiger partial charge is 0.543 e. The van der Waals surface area contributed by atoms with Crippen LogP contribution in [0.4, 0.5) is 4.79 Å². The van der Waals surface area contributed by atoms with Gasteiger partial charge in [0.2, 0.25) is 0 Å². The molecule has 0 N–H and O–H groups in total. The molecule has 22 heavy (non-hydrogen) atoms. The second-order valence-corrected chi connectivity index (χ2v) is 4.26. The van der Waals surface area contributed by atoms with Gasteiger partial charge in [0.1, 0.15) is 6.61 Å². The maximum Gasteiger partial charge on any atom is 0.543 e. The van der Waals surface area contributed by atoms with Crippen LogP contribution in [0.2, 0.25) is 0 Å². The molecule has 122 valence electrons. The fourth-order valence-corrected chi connectivity index (χ4v) is 1.57. The quantitative estimate of drug-likeness (QED) is 0.300. The molecule has 0 aliphatic heterocycles. The highest BCUT2D eigenvalue weighted by Crippen LogP contribution is 2.08. The van der Waals surface area contributed by atoms with Crippen LogP contribution in [0, 0.1) is 0 Å². The molecular formula is C15H20O7. The average Bonchev–Trinajstić information content (AvgIpc) is 2.52. The van der Waals surface area contributed by atoms with E-state index < -0.39 is 12.1 Å². The molecule has 0 atom stereocenters. The van der Waals surface area contributed by atoms with Gasteiger partial charge in [-0.15, -0.1) is 0 Å². The van der Waals surface area contributed by atoms with E-state index in [1.165, 1.54) is 0 Å². The molecule has 0 bridgehead atoms. The summed E-state index contributed by atoms with van der Waals surface area (Å²) in [4.78, 5) is 31.1. The minimum absolute atomic E-state index is 0.0167. The monoisotopic (exact) mass is 312 g/mol. The molecule has 1 aromatic rings. The first-order chi connectivity index (χ1) is 10.7. The predicted octanol–water partition coefficient (Wildman–Crippen LogP) is 2.83. The van der Waals surface area contributed by atoms with Gasteiger partial charge in [0, 0.05) is 6.61 Å². The summed E-state index contributed by atoms with van der Waals surface area (Å²) in [5.74, 6) is -0.773. The summed E-state index contributed by atoms with van der Waals surface area (Å²) < 4.78 is 9.52. The summed E-state index contributed by atoms with van der Waals surface area (Å²) in [6, 6.07) is 6.86. The molecule has 0 saturated carbocycles. The van der Waals surface area contributed by atoms with Crippen LogP contribution in [-0.4, -0.2) is 31.9 Å². The summed E-state index contributed by atoms with van der Waals surface area (Å²) in [6.07, 6.45) is 0.833. The Bertz CT molecular complexity index is 455. The van der Waals surface area contributed by atoms with E-state index in [2.05, 4.69) is 26.5 Å². The minimum atomic E-state index is -1.12. The van der Waals surface area contributed by atoms with Crippen molar-refractivity contribution >= 4 is 12.1 Å². The third-order valence-corrected chi connectivity index (χ3v) is 2.59. The van der Waals surface area contributed by atoms with Crippen molar-refractivity contribution in [2.45, 2.75) is 26.7 Å². The zero-order chi connectivity index (χ0) is 16.2. The molecule has 0 fully saturated rings. The molecule has 0 aliphatic carbocycles. The van der Waals surface area contributed by atoms with Crippen LogP contribution < -0.4 is 0 Å². The number of hydrogen-bond donors (Lipinski definition) is 0. The van der Waals surface area contributed by atoms with Crippen molar-refractivity contribution in [2.75, 3.05) is 19.8 Å². The van der Waals surface area contributed by atoms with Crippen LogP contribution >= 0.6 is 0 Å². The van der Waals surface area contributed by atoms with Crippen molar-refractivity contribution in [3.8, 4) is 0 Å². The van der Waals surface area contributed by atoms with Crippen molar-refractivity contribution in [1.29, 1.82) is 0 Å². The van der Waals surface area contributed by atoms with Gasteiger partial charge in [-0.05, 0) is 31.0 Å². The van der Waals surface area contributed by atoms with Crippen molar-refractivity contribution < 1.29 is 33.9 Å². The number of carbonyl (C=O) groups excluding carboxylic acids is 2. The van der Waals surface area contributed by atoms with E-state index in [0.29, 0.717) is 6.61 Å². The van der Waals surface area contributed by atoms with Crippen LogP contribution in [0.3, 0.4) is 0 Å². The van der Waals surface area contributed by atoms with E-state index in [4.69, 9.17) is 4.74 Å². The number of carbonyl (C=O) groups is 2. The van der Waals surface area contributed by atoms with Gasteiger partial charge in [0.15, 0.2) is 0 Å². The number of hydrogen-bond acceptors (Lipinski definition) is 7. The Morgan fingerprint density at radius 1 is 1.00 bits per heavy atom. The molecule has 0 aliphatic rings. The summed E-state index contributed by atoms with van der Waals surface area (Å²) in [7, 11) is 0. The third-order valence-electron chi connectivity index (χ3n) is 2.59.